The van der Waals surface area contributed by atoms with Gasteiger partial charge in [0, 0.05) is 17.3 Å². The summed E-state index contributed by atoms with van der Waals surface area (Å²) >= 11 is 11.6. The van der Waals surface area contributed by atoms with Crippen molar-refractivity contribution < 1.29 is 4.74 Å². The van der Waals surface area contributed by atoms with Gasteiger partial charge in [0.15, 0.2) is 0 Å². The van der Waals surface area contributed by atoms with Crippen LogP contribution in [0.25, 0.3) is 0 Å². The van der Waals surface area contributed by atoms with E-state index in [9.17, 15) is 0 Å². The van der Waals surface area contributed by atoms with E-state index in [1.807, 2.05) is 24.3 Å². The highest BCUT2D eigenvalue weighted by Gasteiger charge is 1.98. The van der Waals surface area contributed by atoms with Crippen LogP contribution in [0.3, 0.4) is 0 Å². The summed E-state index contributed by atoms with van der Waals surface area (Å²) in [7, 11) is 0. The van der Waals surface area contributed by atoms with Gasteiger partial charge in [0.25, 0.3) is 0 Å². The second-order valence-corrected chi connectivity index (χ2v) is 4.11. The number of nitrogens with zero attached hydrogens (tertiary/aromatic N) is 1. The van der Waals surface area contributed by atoms with Crippen molar-refractivity contribution in [1.29, 1.82) is 0 Å². The Morgan fingerprint density at radius 1 is 1.06 bits per heavy atom. The SMILES string of the molecule is Clc1ccc(OCc2cccc(Cl)c2)nc1. The van der Waals surface area contributed by atoms with E-state index < -0.39 is 0 Å². The zero-order chi connectivity index (χ0) is 11.4. The van der Waals surface area contributed by atoms with Gasteiger partial charge in [-0.15, -0.1) is 0 Å². The van der Waals surface area contributed by atoms with Gasteiger partial charge in [0.2, 0.25) is 5.88 Å². The van der Waals surface area contributed by atoms with E-state index in [2.05, 4.69) is 4.98 Å². The molecule has 0 aliphatic heterocycles. The van der Waals surface area contributed by atoms with Crippen molar-refractivity contribution in [2.24, 2.45) is 0 Å². The number of hydrogen-bond acceptors (Lipinski definition) is 2. The molecule has 0 fully saturated rings. The third kappa shape index (κ3) is 3.12. The molecule has 0 spiro atoms. The van der Waals surface area contributed by atoms with Crippen LogP contribution in [0.1, 0.15) is 5.56 Å². The summed E-state index contributed by atoms with van der Waals surface area (Å²) in [6.45, 7) is 0.440. The normalized spacial score (nSPS) is 10.1. The fourth-order valence-electron chi connectivity index (χ4n) is 1.23. The predicted octanol–water partition coefficient (Wildman–Crippen LogP) is 3.97. The standard InChI is InChI=1S/C12H9Cl2NO/c13-10-3-1-2-9(6-10)8-16-12-5-4-11(14)7-15-12/h1-7H,8H2. The maximum absolute atomic E-state index is 5.86. The molecule has 1 aromatic heterocycles. The van der Waals surface area contributed by atoms with Crippen molar-refractivity contribution in [2.45, 2.75) is 6.61 Å². The van der Waals surface area contributed by atoms with Crippen LogP contribution < -0.4 is 4.74 Å². The van der Waals surface area contributed by atoms with E-state index in [0.29, 0.717) is 22.5 Å². The Hall–Kier alpha value is -1.25. The fourth-order valence-corrected chi connectivity index (χ4v) is 1.56. The topological polar surface area (TPSA) is 22.1 Å². The molecule has 2 aromatic rings. The summed E-state index contributed by atoms with van der Waals surface area (Å²) < 4.78 is 5.47. The van der Waals surface area contributed by atoms with Crippen molar-refractivity contribution in [3.63, 3.8) is 0 Å². The molecule has 82 valence electrons. The Labute approximate surface area is 104 Å². The molecule has 0 saturated carbocycles. The molecule has 1 heterocycles. The molecule has 4 heteroatoms. The Balaban J connectivity index is 1.99. The second-order valence-electron chi connectivity index (χ2n) is 3.23. The molecule has 0 radical (unpaired) electrons. The molecule has 0 N–H and O–H groups in total. The van der Waals surface area contributed by atoms with Crippen LogP contribution >= 0.6 is 23.2 Å². The van der Waals surface area contributed by atoms with E-state index in [4.69, 9.17) is 27.9 Å². The average molecular weight is 254 g/mol. The quantitative estimate of drug-likeness (QED) is 0.826. The molecule has 2 nitrogen and oxygen atoms in total. The molecule has 0 amide bonds. The van der Waals surface area contributed by atoms with Crippen molar-refractivity contribution >= 4 is 23.2 Å². The van der Waals surface area contributed by atoms with Crippen molar-refractivity contribution in [1.82, 2.24) is 4.98 Å². The van der Waals surface area contributed by atoms with Crippen LogP contribution in [0.2, 0.25) is 10.0 Å². The Kier molecular flexibility index (Phi) is 3.65. The molecule has 0 aliphatic rings. The monoisotopic (exact) mass is 253 g/mol. The minimum Gasteiger partial charge on any atom is -0.473 e. The number of halogens is 2. The Morgan fingerprint density at radius 2 is 1.94 bits per heavy atom. The van der Waals surface area contributed by atoms with Gasteiger partial charge in [-0.2, -0.15) is 0 Å². The van der Waals surface area contributed by atoms with Gasteiger partial charge in [-0.3, -0.25) is 0 Å². The number of pyridine rings is 1. The fraction of sp³-hybridized carbons (Fsp3) is 0.0833. The van der Waals surface area contributed by atoms with Crippen LogP contribution in [0, 0.1) is 0 Å². The maximum atomic E-state index is 5.86. The molecule has 16 heavy (non-hydrogen) atoms. The first kappa shape index (κ1) is 11.2. The number of benzene rings is 1. The van der Waals surface area contributed by atoms with Gasteiger partial charge in [0.1, 0.15) is 6.61 Å². The summed E-state index contributed by atoms with van der Waals surface area (Å²) in [5.41, 5.74) is 1.00. The van der Waals surface area contributed by atoms with Crippen LogP contribution in [-0.2, 0) is 6.61 Å². The first-order valence-electron chi connectivity index (χ1n) is 4.73. The molecule has 0 atom stereocenters. The lowest BCUT2D eigenvalue weighted by molar-refractivity contribution is 0.294. The van der Waals surface area contributed by atoms with E-state index in [1.165, 1.54) is 0 Å². The van der Waals surface area contributed by atoms with E-state index >= 15 is 0 Å². The molecular formula is C12H9Cl2NO. The molecule has 0 aliphatic carbocycles. The van der Waals surface area contributed by atoms with Crippen LogP contribution in [0.15, 0.2) is 42.6 Å². The van der Waals surface area contributed by atoms with Crippen LogP contribution in [0.5, 0.6) is 5.88 Å². The highest BCUT2D eigenvalue weighted by molar-refractivity contribution is 6.30. The van der Waals surface area contributed by atoms with Gasteiger partial charge < -0.3 is 4.74 Å². The summed E-state index contributed by atoms with van der Waals surface area (Å²) in [6.07, 6.45) is 1.55. The third-order valence-electron chi connectivity index (χ3n) is 1.98. The van der Waals surface area contributed by atoms with Crippen LogP contribution in [-0.4, -0.2) is 4.98 Å². The summed E-state index contributed by atoms with van der Waals surface area (Å²) in [6, 6.07) is 11.0. The summed E-state index contributed by atoms with van der Waals surface area (Å²) in [5.74, 6) is 0.546. The third-order valence-corrected chi connectivity index (χ3v) is 2.43. The van der Waals surface area contributed by atoms with Crippen molar-refractivity contribution in [3.05, 3.63) is 58.2 Å². The molecule has 0 saturated heterocycles. The van der Waals surface area contributed by atoms with Gasteiger partial charge in [-0.05, 0) is 23.8 Å². The minimum atomic E-state index is 0.440. The first-order valence-corrected chi connectivity index (χ1v) is 5.48. The predicted molar refractivity (Wildman–Crippen MR) is 65.0 cm³/mol. The highest BCUT2D eigenvalue weighted by Crippen LogP contribution is 2.15. The summed E-state index contributed by atoms with van der Waals surface area (Å²) in [4.78, 5) is 4.03. The van der Waals surface area contributed by atoms with Crippen molar-refractivity contribution in [3.8, 4) is 5.88 Å². The van der Waals surface area contributed by atoms with Gasteiger partial charge >= 0.3 is 0 Å². The molecule has 0 bridgehead atoms. The Bertz CT molecular complexity index is 471. The minimum absolute atomic E-state index is 0.440. The number of aromatic nitrogens is 1. The van der Waals surface area contributed by atoms with E-state index in [0.717, 1.165) is 5.56 Å². The molecule has 2 rings (SSSR count). The molecule has 1 aromatic carbocycles. The lowest BCUT2D eigenvalue weighted by Crippen LogP contribution is -1.96. The van der Waals surface area contributed by atoms with Gasteiger partial charge in [0.05, 0.1) is 5.02 Å². The zero-order valence-corrected chi connectivity index (χ0v) is 9.87. The number of ether oxygens (including phenoxy) is 1. The van der Waals surface area contributed by atoms with E-state index in [1.54, 1.807) is 18.3 Å². The lowest BCUT2D eigenvalue weighted by Gasteiger charge is -2.05. The highest BCUT2D eigenvalue weighted by atomic mass is 35.5. The van der Waals surface area contributed by atoms with Gasteiger partial charge in [-0.1, -0.05) is 35.3 Å². The lowest BCUT2D eigenvalue weighted by atomic mass is 10.2. The van der Waals surface area contributed by atoms with E-state index in [-0.39, 0.29) is 0 Å². The smallest absolute Gasteiger partial charge is 0.213 e. The van der Waals surface area contributed by atoms with Crippen LogP contribution in [0.4, 0.5) is 0 Å². The van der Waals surface area contributed by atoms with Crippen molar-refractivity contribution in [2.75, 3.05) is 0 Å². The number of hydrogen-bond donors (Lipinski definition) is 0. The second kappa shape index (κ2) is 5.19. The summed E-state index contributed by atoms with van der Waals surface area (Å²) in [5, 5.41) is 1.29. The van der Waals surface area contributed by atoms with Gasteiger partial charge in [-0.25, -0.2) is 4.98 Å². The largest absolute Gasteiger partial charge is 0.473 e. The zero-order valence-electron chi connectivity index (χ0n) is 8.36. The Morgan fingerprint density at radius 3 is 2.62 bits per heavy atom. The first-order chi connectivity index (χ1) is 7.74. The average Bonchev–Trinajstić information content (AvgIpc) is 2.28. The molecule has 0 unspecified atom stereocenters. The molecular weight excluding hydrogens is 245 g/mol. The number of rotatable bonds is 3. The maximum Gasteiger partial charge on any atom is 0.213 e.